The van der Waals surface area contributed by atoms with Crippen molar-refractivity contribution in [3.8, 4) is 0 Å². The number of carbonyl (C=O) groups excluding carboxylic acids is 1. The number of ether oxygens (including phenoxy) is 3. The lowest BCUT2D eigenvalue weighted by Crippen LogP contribution is -2.57. The molecule has 0 fully saturated rings. The molecule has 0 saturated carbocycles. The minimum absolute atomic E-state index is 0.254. The summed E-state index contributed by atoms with van der Waals surface area (Å²) in [5, 5.41) is 0. The summed E-state index contributed by atoms with van der Waals surface area (Å²) >= 11 is 0. The minimum atomic E-state index is -6.49. The second-order valence-electron chi connectivity index (χ2n) is 7.78. The normalized spacial score (nSPS) is 14.4. The number of hydrogen-bond acceptors (Lipinski definition) is 4. The van der Waals surface area contributed by atoms with Gasteiger partial charge in [-0.05, 0) is 20.8 Å². The number of carbonyl (C=O) groups is 1. The van der Waals surface area contributed by atoms with Crippen LogP contribution in [0.1, 0.15) is 31.9 Å². The molecule has 4 nitrogen and oxygen atoms in total. The Bertz CT molecular complexity index is 875. The van der Waals surface area contributed by atoms with Crippen molar-refractivity contribution < 1.29 is 71.7 Å². The van der Waals surface area contributed by atoms with Crippen molar-refractivity contribution in [2.24, 2.45) is 0 Å². The largest absolute Gasteiger partial charge is 0.510 e. The summed E-state index contributed by atoms with van der Waals surface area (Å²) < 4.78 is 175. The van der Waals surface area contributed by atoms with Crippen molar-refractivity contribution in [2.45, 2.75) is 62.3 Å². The topological polar surface area (TPSA) is 44.8 Å². The van der Waals surface area contributed by atoms with Crippen LogP contribution in [0.5, 0.6) is 0 Å². The highest BCUT2D eigenvalue weighted by atomic mass is 19.4. The summed E-state index contributed by atoms with van der Waals surface area (Å²) in [6.07, 6.45) is -28.3. The minimum Gasteiger partial charge on any atom is -0.473 e. The van der Waals surface area contributed by atoms with E-state index in [0.29, 0.717) is 0 Å². The summed E-state index contributed by atoms with van der Waals surface area (Å²) in [5.41, 5.74) is -16.3. The van der Waals surface area contributed by atoms with Crippen LogP contribution >= 0.6 is 0 Å². The highest BCUT2D eigenvalue weighted by Crippen LogP contribution is 2.56. The van der Waals surface area contributed by atoms with E-state index >= 15 is 0 Å². The molecule has 0 radical (unpaired) electrons. The SMILES string of the molecule is C=COC(c1ccc(C(OC(=O)OC(C)(C)C)(C(F)(F)F)C(F)(F)F)cc1)(C(F)(F)F)C(F)(F)F. The Hall–Kier alpha value is -2.81. The smallest absolute Gasteiger partial charge is 0.473 e. The van der Waals surface area contributed by atoms with Gasteiger partial charge in [-0.2, -0.15) is 52.7 Å². The van der Waals surface area contributed by atoms with Crippen LogP contribution in [0.3, 0.4) is 0 Å². The molecule has 0 amide bonds. The zero-order valence-corrected chi connectivity index (χ0v) is 17.8. The fraction of sp³-hybridized carbons (Fsp3) is 0.526. The first-order valence-corrected chi connectivity index (χ1v) is 8.96. The highest BCUT2D eigenvalue weighted by molar-refractivity contribution is 5.62. The predicted octanol–water partition coefficient (Wildman–Crippen LogP) is 7.44. The predicted molar refractivity (Wildman–Crippen MR) is 92.6 cm³/mol. The van der Waals surface area contributed by atoms with E-state index in [1.54, 1.807) is 0 Å². The molecule has 0 bridgehead atoms. The number of alkyl halides is 12. The van der Waals surface area contributed by atoms with Crippen LogP contribution in [0, 0.1) is 0 Å². The van der Waals surface area contributed by atoms with Crippen molar-refractivity contribution >= 4 is 6.16 Å². The van der Waals surface area contributed by atoms with E-state index in [0.717, 1.165) is 20.8 Å². The number of rotatable bonds is 5. The quantitative estimate of drug-likeness (QED) is 0.223. The van der Waals surface area contributed by atoms with Gasteiger partial charge in [-0.25, -0.2) is 4.79 Å². The van der Waals surface area contributed by atoms with Gasteiger partial charge in [0.25, 0.3) is 0 Å². The molecule has 0 N–H and O–H groups in total. The van der Waals surface area contributed by atoms with Crippen LogP contribution in [0.4, 0.5) is 57.5 Å². The molecule has 1 aromatic carbocycles. The van der Waals surface area contributed by atoms with E-state index in [2.05, 4.69) is 20.8 Å². The summed E-state index contributed by atoms with van der Waals surface area (Å²) in [5.74, 6) is 0. The Labute approximate surface area is 189 Å². The average Bonchev–Trinajstić information content (AvgIpc) is 2.58. The van der Waals surface area contributed by atoms with Crippen molar-refractivity contribution in [3.63, 3.8) is 0 Å². The van der Waals surface area contributed by atoms with Gasteiger partial charge in [0.2, 0.25) is 0 Å². The second-order valence-corrected chi connectivity index (χ2v) is 7.78. The molecule has 0 saturated heterocycles. The monoisotopic (exact) mass is 536 g/mol. The van der Waals surface area contributed by atoms with Crippen molar-refractivity contribution in [3.05, 3.63) is 48.2 Å². The first-order valence-electron chi connectivity index (χ1n) is 8.96. The third-order valence-electron chi connectivity index (χ3n) is 4.18. The molecule has 0 aliphatic carbocycles. The van der Waals surface area contributed by atoms with Gasteiger partial charge in [-0.15, -0.1) is 0 Å². The third kappa shape index (κ3) is 5.55. The third-order valence-corrected chi connectivity index (χ3v) is 4.18. The summed E-state index contributed by atoms with van der Waals surface area (Å²) in [6.45, 7) is 5.80. The van der Waals surface area contributed by atoms with Crippen LogP contribution in [0.2, 0.25) is 0 Å². The van der Waals surface area contributed by atoms with Crippen molar-refractivity contribution in [1.82, 2.24) is 0 Å². The van der Waals surface area contributed by atoms with Crippen LogP contribution in [0.25, 0.3) is 0 Å². The molecule has 35 heavy (non-hydrogen) atoms. The fourth-order valence-corrected chi connectivity index (χ4v) is 2.81. The molecule has 16 heteroatoms. The Morgan fingerprint density at radius 2 is 0.971 bits per heavy atom. The molecule has 0 spiro atoms. The van der Waals surface area contributed by atoms with Gasteiger partial charge in [0.15, 0.2) is 0 Å². The molecule has 1 aromatic rings. The maximum Gasteiger partial charge on any atom is 0.510 e. The molecule has 0 aliphatic rings. The molecule has 0 heterocycles. The number of hydrogen-bond donors (Lipinski definition) is 0. The van der Waals surface area contributed by atoms with E-state index in [1.165, 1.54) is 0 Å². The van der Waals surface area contributed by atoms with Gasteiger partial charge in [0.1, 0.15) is 5.60 Å². The number of benzene rings is 1. The average molecular weight is 536 g/mol. The van der Waals surface area contributed by atoms with Gasteiger partial charge in [-0.1, -0.05) is 30.8 Å². The van der Waals surface area contributed by atoms with Gasteiger partial charge in [0, 0.05) is 11.1 Å². The maximum absolute atomic E-state index is 13.7. The Kier molecular flexibility index (Phi) is 7.77. The van der Waals surface area contributed by atoms with Crippen LogP contribution in [-0.2, 0) is 25.4 Å². The Morgan fingerprint density at radius 3 is 1.23 bits per heavy atom. The van der Waals surface area contributed by atoms with Crippen molar-refractivity contribution in [1.29, 1.82) is 0 Å². The number of halogens is 12. The molecule has 0 aromatic heterocycles. The van der Waals surface area contributed by atoms with E-state index in [-0.39, 0.29) is 30.5 Å². The van der Waals surface area contributed by atoms with E-state index in [4.69, 9.17) is 0 Å². The van der Waals surface area contributed by atoms with Crippen LogP contribution in [0.15, 0.2) is 37.1 Å². The second kappa shape index (κ2) is 9.00. The molecule has 0 unspecified atom stereocenters. The van der Waals surface area contributed by atoms with E-state index in [1.807, 2.05) is 0 Å². The first-order chi connectivity index (χ1) is 15.4. The zero-order valence-electron chi connectivity index (χ0n) is 17.8. The van der Waals surface area contributed by atoms with Crippen molar-refractivity contribution in [2.75, 3.05) is 0 Å². The van der Waals surface area contributed by atoms with E-state index < -0.39 is 58.8 Å². The summed E-state index contributed by atoms with van der Waals surface area (Å²) in [4.78, 5) is 11.7. The Balaban J connectivity index is 3.88. The molecular formula is C19H16F12O4. The van der Waals surface area contributed by atoms with Gasteiger partial charge >= 0.3 is 42.1 Å². The lowest BCUT2D eigenvalue weighted by atomic mass is 9.86. The molecular weight excluding hydrogens is 520 g/mol. The molecule has 1 rings (SSSR count). The van der Waals surface area contributed by atoms with E-state index in [9.17, 15) is 57.5 Å². The van der Waals surface area contributed by atoms with Gasteiger partial charge in [0.05, 0.1) is 6.26 Å². The lowest BCUT2D eigenvalue weighted by molar-refractivity contribution is -0.378. The first kappa shape index (κ1) is 30.2. The molecule has 0 atom stereocenters. The van der Waals surface area contributed by atoms with Crippen LogP contribution < -0.4 is 0 Å². The Morgan fingerprint density at radius 1 is 0.657 bits per heavy atom. The fourth-order valence-electron chi connectivity index (χ4n) is 2.81. The van der Waals surface area contributed by atoms with Crippen LogP contribution in [-0.4, -0.2) is 36.5 Å². The zero-order chi connectivity index (χ0) is 27.9. The summed E-state index contributed by atoms with van der Waals surface area (Å²) in [6, 6.07) is -1.38. The van der Waals surface area contributed by atoms with Gasteiger partial charge < -0.3 is 14.2 Å². The molecule has 200 valence electrons. The summed E-state index contributed by atoms with van der Waals surface area (Å²) in [7, 11) is 0. The van der Waals surface area contributed by atoms with Gasteiger partial charge in [-0.3, -0.25) is 0 Å². The standard InChI is InChI=1S/C19H16F12O4/c1-5-33-14(16(20,21)22,17(23,24)25)10-6-8-11(9-7-10)15(18(26,27)28,19(29,30)31)35-12(32)34-13(2,3)4/h5-9H,1H2,2-4H3. The maximum atomic E-state index is 13.7. The lowest BCUT2D eigenvalue weighted by Gasteiger charge is -2.38. The highest BCUT2D eigenvalue weighted by Gasteiger charge is 2.77. The molecule has 0 aliphatic heterocycles.